The van der Waals surface area contributed by atoms with Gasteiger partial charge in [-0.25, -0.2) is 9.67 Å². The maximum absolute atomic E-state index is 6.03. The van der Waals surface area contributed by atoms with E-state index in [-0.39, 0.29) is 0 Å². The lowest BCUT2D eigenvalue weighted by molar-refractivity contribution is 0.190. The van der Waals surface area contributed by atoms with E-state index in [1.807, 2.05) is 59.9 Å². The molecule has 1 fully saturated rings. The van der Waals surface area contributed by atoms with E-state index in [1.54, 1.807) is 10.9 Å². The normalized spacial score (nSPS) is 16.5. The van der Waals surface area contributed by atoms with Crippen molar-refractivity contribution < 1.29 is 4.42 Å². The molecule has 1 unspecified atom stereocenters. The Hall–Kier alpha value is -3.20. The van der Waals surface area contributed by atoms with E-state index in [1.165, 1.54) is 11.3 Å². The van der Waals surface area contributed by atoms with E-state index in [2.05, 4.69) is 27.4 Å². The van der Waals surface area contributed by atoms with E-state index in [9.17, 15) is 0 Å². The minimum Gasteiger partial charge on any atom is -0.409 e. The number of hydrogen-bond acceptors (Lipinski definition) is 7. The maximum Gasteiger partial charge on any atom is 0.288 e. The first-order valence-corrected chi connectivity index (χ1v) is 12.2. The molecule has 1 aliphatic rings. The highest BCUT2D eigenvalue weighted by molar-refractivity contribution is 7.71. The molecule has 1 aromatic carbocycles. The highest BCUT2D eigenvalue weighted by atomic mass is 32.1. The number of fused-ring (bicyclic) bond motifs is 1. The van der Waals surface area contributed by atoms with Crippen LogP contribution in [-0.4, -0.2) is 31.2 Å². The van der Waals surface area contributed by atoms with Crippen molar-refractivity contribution in [3.63, 3.8) is 0 Å². The number of nitrogens with zero attached hydrogens (tertiary/aromatic N) is 5. The second kappa shape index (κ2) is 8.62. The lowest BCUT2D eigenvalue weighted by Crippen LogP contribution is -2.26. The van der Waals surface area contributed by atoms with E-state index in [0.717, 1.165) is 40.8 Å². The van der Waals surface area contributed by atoms with Gasteiger partial charge in [0.1, 0.15) is 0 Å². The van der Waals surface area contributed by atoms with Crippen LogP contribution in [0.4, 0.5) is 0 Å². The second-order valence-electron chi connectivity index (χ2n) is 8.09. The van der Waals surface area contributed by atoms with Crippen LogP contribution in [0.3, 0.4) is 0 Å². The fourth-order valence-electron chi connectivity index (χ4n) is 4.47. The topological polar surface area (TPSA) is 60.0 Å². The summed E-state index contributed by atoms with van der Waals surface area (Å²) in [5.41, 5.74) is 3.31. The van der Waals surface area contributed by atoms with Crippen LogP contribution in [0.5, 0.6) is 0 Å². The lowest BCUT2D eigenvalue weighted by Gasteiger charge is -2.22. The Labute approximate surface area is 200 Å². The summed E-state index contributed by atoms with van der Waals surface area (Å²) in [5, 5.41) is 7.91. The molecule has 1 aliphatic heterocycles. The lowest BCUT2D eigenvalue weighted by atomic mass is 10.1. The fraction of sp³-hybridized carbons (Fsp3) is 0.200. The van der Waals surface area contributed by atoms with E-state index in [0.29, 0.717) is 23.4 Å². The number of para-hydroxylation sites is 1. The third-order valence-corrected chi connectivity index (χ3v) is 7.30. The molecule has 6 nitrogen and oxygen atoms in total. The third-order valence-electron chi connectivity index (χ3n) is 6.03. The Bertz CT molecular complexity index is 1460. The molecular weight excluding hydrogens is 450 g/mol. The van der Waals surface area contributed by atoms with Gasteiger partial charge in [0, 0.05) is 29.0 Å². The van der Waals surface area contributed by atoms with Crippen molar-refractivity contribution in [2.45, 2.75) is 25.6 Å². The summed E-state index contributed by atoms with van der Waals surface area (Å²) in [6.45, 7) is 1.63. The minimum atomic E-state index is 0.377. The Kier molecular flexibility index (Phi) is 5.33. The van der Waals surface area contributed by atoms with Gasteiger partial charge in [0.05, 0.1) is 29.1 Å². The molecule has 5 heterocycles. The molecule has 8 heteroatoms. The van der Waals surface area contributed by atoms with Gasteiger partial charge in [0.15, 0.2) is 0 Å². The largest absolute Gasteiger partial charge is 0.409 e. The van der Waals surface area contributed by atoms with Crippen LogP contribution in [0.2, 0.25) is 0 Å². The van der Waals surface area contributed by atoms with Gasteiger partial charge in [0.25, 0.3) is 4.84 Å². The standard InChI is InChI=1S/C25H21N5OS2/c32-25-30(16-29-13-5-10-22(29)23-11-6-14-33-23)28-24(31-25)18-15-21(20-9-3-4-12-26-20)27-19-8-2-1-7-17(18)19/h1-4,6-9,11-12,14-15,22H,5,10,13,16H2. The zero-order valence-electron chi connectivity index (χ0n) is 17.8. The molecule has 0 aliphatic carbocycles. The van der Waals surface area contributed by atoms with Gasteiger partial charge >= 0.3 is 0 Å². The number of benzene rings is 1. The molecule has 0 radical (unpaired) electrons. The van der Waals surface area contributed by atoms with Crippen molar-refractivity contribution in [3.05, 3.63) is 82.0 Å². The number of rotatable bonds is 5. The average Bonchev–Trinajstić information content (AvgIpc) is 3.61. The van der Waals surface area contributed by atoms with Crippen LogP contribution in [-0.2, 0) is 6.67 Å². The van der Waals surface area contributed by atoms with Crippen LogP contribution in [0, 0.1) is 4.84 Å². The van der Waals surface area contributed by atoms with Crippen molar-refractivity contribution in [1.29, 1.82) is 0 Å². The SMILES string of the molecule is S=c1oc(-c2cc(-c3ccccn3)nc3ccccc23)nn1CN1CCCC1c1cccs1. The monoisotopic (exact) mass is 471 g/mol. The van der Waals surface area contributed by atoms with Gasteiger partial charge in [-0.3, -0.25) is 9.88 Å². The van der Waals surface area contributed by atoms with Gasteiger partial charge in [-0.2, -0.15) is 0 Å². The Balaban J connectivity index is 1.39. The molecule has 4 aromatic heterocycles. The Morgan fingerprint density at radius 2 is 1.97 bits per heavy atom. The van der Waals surface area contributed by atoms with Gasteiger partial charge < -0.3 is 4.42 Å². The molecule has 0 spiro atoms. The summed E-state index contributed by atoms with van der Waals surface area (Å²) in [5.74, 6) is 0.502. The van der Waals surface area contributed by atoms with Gasteiger partial charge in [-0.05, 0) is 60.8 Å². The van der Waals surface area contributed by atoms with Gasteiger partial charge in [-0.15, -0.1) is 16.4 Å². The van der Waals surface area contributed by atoms with Crippen molar-refractivity contribution in [2.24, 2.45) is 0 Å². The molecule has 0 bridgehead atoms. The van der Waals surface area contributed by atoms with E-state index >= 15 is 0 Å². The predicted octanol–water partition coefficient (Wildman–Crippen LogP) is 6.34. The number of thiophene rings is 1. The second-order valence-corrected chi connectivity index (χ2v) is 9.42. The molecule has 0 amide bonds. The summed E-state index contributed by atoms with van der Waals surface area (Å²) in [6.07, 6.45) is 4.09. The van der Waals surface area contributed by atoms with Crippen LogP contribution >= 0.6 is 23.6 Å². The molecular formula is C25H21N5OS2. The Morgan fingerprint density at radius 1 is 1.06 bits per heavy atom. The quantitative estimate of drug-likeness (QED) is 0.279. The van der Waals surface area contributed by atoms with Crippen molar-refractivity contribution in [1.82, 2.24) is 24.6 Å². The number of likely N-dealkylation sites (tertiary alicyclic amines) is 1. The first-order valence-electron chi connectivity index (χ1n) is 10.9. The maximum atomic E-state index is 6.03. The summed E-state index contributed by atoms with van der Waals surface area (Å²) < 4.78 is 7.83. The molecule has 1 saturated heterocycles. The number of pyridine rings is 2. The average molecular weight is 472 g/mol. The first-order chi connectivity index (χ1) is 16.3. The molecule has 33 heavy (non-hydrogen) atoms. The summed E-state index contributed by atoms with van der Waals surface area (Å²) in [4.78, 5) is 13.5. The molecule has 5 aromatic rings. The summed E-state index contributed by atoms with van der Waals surface area (Å²) in [7, 11) is 0. The third kappa shape index (κ3) is 3.90. The van der Waals surface area contributed by atoms with Crippen molar-refractivity contribution in [2.75, 3.05) is 6.54 Å². The molecule has 1 atom stereocenters. The van der Waals surface area contributed by atoms with Crippen LogP contribution in [0.15, 0.2) is 76.7 Å². The number of aromatic nitrogens is 4. The molecule has 164 valence electrons. The Morgan fingerprint density at radius 3 is 2.82 bits per heavy atom. The zero-order chi connectivity index (χ0) is 22.2. The van der Waals surface area contributed by atoms with E-state index in [4.69, 9.17) is 26.7 Å². The summed E-state index contributed by atoms with van der Waals surface area (Å²) >= 11 is 7.38. The van der Waals surface area contributed by atoms with Crippen molar-refractivity contribution >= 4 is 34.5 Å². The van der Waals surface area contributed by atoms with Crippen LogP contribution in [0.1, 0.15) is 23.8 Å². The predicted molar refractivity (Wildman–Crippen MR) is 132 cm³/mol. The molecule has 0 saturated carbocycles. The zero-order valence-corrected chi connectivity index (χ0v) is 19.4. The molecule has 0 N–H and O–H groups in total. The van der Waals surface area contributed by atoms with Crippen LogP contribution < -0.4 is 0 Å². The smallest absolute Gasteiger partial charge is 0.288 e. The highest BCUT2D eigenvalue weighted by Crippen LogP contribution is 2.35. The van der Waals surface area contributed by atoms with Crippen molar-refractivity contribution in [3.8, 4) is 22.8 Å². The number of hydrogen-bond donors (Lipinski definition) is 0. The van der Waals surface area contributed by atoms with Crippen LogP contribution in [0.25, 0.3) is 33.7 Å². The minimum absolute atomic E-state index is 0.377. The van der Waals surface area contributed by atoms with E-state index < -0.39 is 0 Å². The first kappa shape index (κ1) is 20.4. The molecule has 6 rings (SSSR count). The highest BCUT2D eigenvalue weighted by Gasteiger charge is 2.28. The fourth-order valence-corrected chi connectivity index (χ4v) is 5.55. The van der Waals surface area contributed by atoms with Gasteiger partial charge in [-0.1, -0.05) is 30.3 Å². The van der Waals surface area contributed by atoms with Gasteiger partial charge in [0.2, 0.25) is 5.89 Å². The summed E-state index contributed by atoms with van der Waals surface area (Å²) in [6, 6.07) is 20.5.